The number of fused-ring (bicyclic) bond motifs is 4. The number of benzene rings is 1. The molecule has 4 aliphatic rings. The van der Waals surface area contributed by atoms with E-state index in [1.165, 1.54) is 12.8 Å². The first-order chi connectivity index (χ1) is 21.2. The van der Waals surface area contributed by atoms with Crippen molar-refractivity contribution in [2.45, 2.75) is 103 Å². The number of ether oxygens (including phenoxy) is 2. The molecule has 238 valence electrons. The van der Waals surface area contributed by atoms with Gasteiger partial charge in [0.05, 0.1) is 23.9 Å². The van der Waals surface area contributed by atoms with Crippen molar-refractivity contribution in [3.05, 3.63) is 46.2 Å². The van der Waals surface area contributed by atoms with Crippen molar-refractivity contribution in [3.8, 4) is 5.75 Å². The summed E-state index contributed by atoms with van der Waals surface area (Å²) in [6.45, 7) is 12.2. The standard InChI is InChI=1S/C34H46N4O6/c1-5-9-14-36(8-4)21-12-15-37(16-13-21)33(41)44-22-10-11-28-24(17-22)23(6-2)25-19-38-29(30(25)35-28)18-27-26(31(38)39)20-43-32(40)34(27,42)7-3/h10-11,17,21,29,32,40,42H,5-9,12-16,18-20H2,1-4H3/t29?,32?,34-/m0/s1. The zero-order valence-electron chi connectivity index (χ0n) is 26.5. The molecule has 10 heteroatoms. The third-order valence-corrected chi connectivity index (χ3v) is 10.4. The zero-order chi connectivity index (χ0) is 31.2. The summed E-state index contributed by atoms with van der Waals surface area (Å²) >= 11 is 0. The van der Waals surface area contributed by atoms with Gasteiger partial charge in [0.15, 0.2) is 6.29 Å². The third-order valence-electron chi connectivity index (χ3n) is 10.4. The van der Waals surface area contributed by atoms with Crippen molar-refractivity contribution in [2.24, 2.45) is 0 Å². The first-order valence-corrected chi connectivity index (χ1v) is 16.5. The predicted molar refractivity (Wildman–Crippen MR) is 166 cm³/mol. The van der Waals surface area contributed by atoms with Crippen LogP contribution in [0.4, 0.5) is 4.79 Å². The van der Waals surface area contributed by atoms with Crippen LogP contribution in [-0.4, -0.2) is 92.6 Å². The summed E-state index contributed by atoms with van der Waals surface area (Å²) in [7, 11) is 0. The number of unbranched alkanes of at least 4 members (excludes halogenated alkanes) is 1. The summed E-state index contributed by atoms with van der Waals surface area (Å²) in [6.07, 6.45) is 3.97. The molecule has 1 aromatic carbocycles. The van der Waals surface area contributed by atoms with Gasteiger partial charge < -0.3 is 34.4 Å². The van der Waals surface area contributed by atoms with Crippen molar-refractivity contribution in [1.82, 2.24) is 19.7 Å². The van der Waals surface area contributed by atoms with Crippen molar-refractivity contribution in [1.29, 1.82) is 0 Å². The molecular formula is C34H46N4O6. The summed E-state index contributed by atoms with van der Waals surface area (Å²) in [5, 5.41) is 22.7. The fraction of sp³-hybridized carbons (Fsp3) is 0.618. The Hall–Kier alpha value is -3.05. The molecule has 1 saturated heterocycles. The lowest BCUT2D eigenvalue weighted by Crippen LogP contribution is -2.53. The van der Waals surface area contributed by atoms with Gasteiger partial charge in [-0.3, -0.25) is 9.78 Å². The first-order valence-electron chi connectivity index (χ1n) is 16.5. The van der Waals surface area contributed by atoms with Crippen LogP contribution < -0.4 is 4.74 Å². The molecule has 0 aliphatic carbocycles. The van der Waals surface area contributed by atoms with Gasteiger partial charge in [0.1, 0.15) is 11.4 Å². The van der Waals surface area contributed by atoms with Gasteiger partial charge in [-0.25, -0.2) is 4.79 Å². The second-order valence-electron chi connectivity index (χ2n) is 12.6. The van der Waals surface area contributed by atoms with E-state index < -0.39 is 11.9 Å². The van der Waals surface area contributed by atoms with Crippen molar-refractivity contribution in [2.75, 3.05) is 32.8 Å². The molecule has 0 bridgehead atoms. The van der Waals surface area contributed by atoms with Gasteiger partial charge in [-0.2, -0.15) is 0 Å². The van der Waals surface area contributed by atoms with Crippen LogP contribution >= 0.6 is 0 Å². The second kappa shape index (κ2) is 12.4. The van der Waals surface area contributed by atoms with E-state index in [4.69, 9.17) is 14.5 Å². The highest BCUT2D eigenvalue weighted by Crippen LogP contribution is 2.49. The number of aliphatic hydroxyl groups is 2. The fourth-order valence-electron chi connectivity index (χ4n) is 7.72. The van der Waals surface area contributed by atoms with Gasteiger partial charge in [0.2, 0.25) is 0 Å². The topological polar surface area (TPSA) is 116 Å². The molecular weight excluding hydrogens is 560 g/mol. The SMILES string of the molecule is CCCCN(CC)C1CCN(C(=O)Oc2ccc3nc4c(c(CC)c3c2)CN2C(=O)C3=C(CC42)[C@@](O)(CC)C(O)OC3)CC1. The Bertz CT molecular complexity index is 1470. The molecule has 2 unspecified atom stereocenters. The van der Waals surface area contributed by atoms with Gasteiger partial charge in [-0.1, -0.05) is 34.1 Å². The molecule has 0 spiro atoms. The quantitative estimate of drug-likeness (QED) is 0.453. The molecule has 2 amide bonds. The van der Waals surface area contributed by atoms with Crippen LogP contribution in [0.5, 0.6) is 5.75 Å². The summed E-state index contributed by atoms with van der Waals surface area (Å²) in [5.41, 5.74) is 3.11. The summed E-state index contributed by atoms with van der Waals surface area (Å²) in [4.78, 5) is 38.0. The molecule has 2 N–H and O–H groups in total. The smallest absolute Gasteiger partial charge is 0.410 e. The lowest BCUT2D eigenvalue weighted by atomic mass is 9.78. The lowest BCUT2D eigenvalue weighted by molar-refractivity contribution is -0.208. The van der Waals surface area contributed by atoms with E-state index in [9.17, 15) is 19.8 Å². The number of rotatable bonds is 8. The number of hydrogen-bond acceptors (Lipinski definition) is 8. The Balaban J connectivity index is 1.21. The number of piperidine rings is 1. The molecule has 10 nitrogen and oxygen atoms in total. The number of aliphatic hydroxyl groups excluding tert-OH is 1. The molecule has 1 fully saturated rings. The number of nitrogens with zero attached hydrogens (tertiary/aromatic N) is 4. The van der Waals surface area contributed by atoms with E-state index >= 15 is 0 Å². The monoisotopic (exact) mass is 606 g/mol. The maximum absolute atomic E-state index is 13.7. The van der Waals surface area contributed by atoms with Gasteiger partial charge in [0, 0.05) is 36.6 Å². The van der Waals surface area contributed by atoms with Gasteiger partial charge in [-0.05, 0) is 86.5 Å². The highest BCUT2D eigenvalue weighted by atomic mass is 16.6. The number of aromatic nitrogens is 1. The van der Waals surface area contributed by atoms with E-state index in [0.717, 1.165) is 60.1 Å². The molecule has 6 rings (SSSR count). The molecule has 0 radical (unpaired) electrons. The van der Waals surface area contributed by atoms with Crippen LogP contribution in [0, 0.1) is 0 Å². The average Bonchev–Trinajstić information content (AvgIpc) is 3.41. The summed E-state index contributed by atoms with van der Waals surface area (Å²) in [6, 6.07) is 5.77. The van der Waals surface area contributed by atoms with Crippen LogP contribution in [0.1, 0.15) is 89.1 Å². The van der Waals surface area contributed by atoms with Crippen LogP contribution in [0.15, 0.2) is 29.3 Å². The van der Waals surface area contributed by atoms with Crippen molar-refractivity contribution >= 4 is 22.9 Å². The van der Waals surface area contributed by atoms with Crippen LogP contribution in [-0.2, 0) is 22.5 Å². The van der Waals surface area contributed by atoms with Crippen LogP contribution in [0.2, 0.25) is 0 Å². The highest BCUT2D eigenvalue weighted by molar-refractivity contribution is 5.97. The lowest BCUT2D eigenvalue weighted by Gasteiger charge is -2.44. The molecule has 44 heavy (non-hydrogen) atoms. The number of likely N-dealkylation sites (tertiary alicyclic amines) is 1. The Morgan fingerprint density at radius 1 is 1.20 bits per heavy atom. The predicted octanol–water partition coefficient (Wildman–Crippen LogP) is 4.46. The number of carbonyl (C=O) groups is 2. The zero-order valence-corrected chi connectivity index (χ0v) is 26.5. The van der Waals surface area contributed by atoms with Crippen molar-refractivity contribution in [3.63, 3.8) is 0 Å². The van der Waals surface area contributed by atoms with Gasteiger partial charge in [0.25, 0.3) is 5.91 Å². The number of aryl methyl sites for hydroxylation is 1. The van der Waals surface area contributed by atoms with E-state index in [1.807, 2.05) is 21.9 Å². The minimum atomic E-state index is -1.60. The molecule has 1 aromatic heterocycles. The van der Waals surface area contributed by atoms with Crippen LogP contribution in [0.25, 0.3) is 10.9 Å². The largest absolute Gasteiger partial charge is 0.415 e. The Kier molecular flexibility index (Phi) is 8.71. The normalized spacial score (nSPS) is 25.5. The number of hydrogen-bond donors (Lipinski definition) is 2. The summed E-state index contributed by atoms with van der Waals surface area (Å²) < 4.78 is 11.3. The van der Waals surface area contributed by atoms with Crippen LogP contribution in [0.3, 0.4) is 0 Å². The second-order valence-corrected chi connectivity index (χ2v) is 12.6. The Morgan fingerprint density at radius 2 is 1.98 bits per heavy atom. The molecule has 2 aromatic rings. The fourth-order valence-corrected chi connectivity index (χ4v) is 7.72. The van der Waals surface area contributed by atoms with E-state index in [1.54, 1.807) is 13.0 Å². The van der Waals surface area contributed by atoms with Gasteiger partial charge >= 0.3 is 6.09 Å². The molecule has 5 heterocycles. The maximum atomic E-state index is 13.7. The van der Waals surface area contributed by atoms with E-state index in [-0.39, 0.29) is 31.1 Å². The number of amides is 2. The third kappa shape index (κ3) is 5.19. The van der Waals surface area contributed by atoms with E-state index in [0.29, 0.717) is 49.0 Å². The average molecular weight is 607 g/mol. The Labute approximate surface area is 259 Å². The molecule has 3 atom stereocenters. The summed E-state index contributed by atoms with van der Waals surface area (Å²) in [5.74, 6) is 0.312. The van der Waals surface area contributed by atoms with E-state index in [2.05, 4.69) is 25.7 Å². The minimum absolute atomic E-state index is 0.0185. The highest BCUT2D eigenvalue weighted by Gasteiger charge is 2.52. The first kappa shape index (κ1) is 31.0. The van der Waals surface area contributed by atoms with Gasteiger partial charge in [-0.15, -0.1) is 0 Å². The number of carbonyl (C=O) groups excluding carboxylic acids is 2. The molecule has 0 saturated carbocycles. The van der Waals surface area contributed by atoms with Crippen molar-refractivity contribution < 1.29 is 29.3 Å². The maximum Gasteiger partial charge on any atom is 0.415 e. The number of pyridine rings is 1. The minimum Gasteiger partial charge on any atom is -0.410 e. The molecule has 4 aliphatic heterocycles. The Morgan fingerprint density at radius 3 is 2.66 bits per heavy atom.